The van der Waals surface area contributed by atoms with E-state index >= 15 is 0 Å². The summed E-state index contributed by atoms with van der Waals surface area (Å²) in [6.07, 6.45) is 2.60. The predicted molar refractivity (Wildman–Crippen MR) is 68.4 cm³/mol. The van der Waals surface area contributed by atoms with Crippen LogP contribution in [0.1, 0.15) is 26.7 Å². The first kappa shape index (κ1) is 11.6. The average Bonchev–Trinajstić information content (AvgIpc) is 3.01. The second-order valence-electron chi connectivity index (χ2n) is 4.87. The van der Waals surface area contributed by atoms with Gasteiger partial charge in [0.2, 0.25) is 0 Å². The second kappa shape index (κ2) is 4.17. The molecule has 1 saturated carbocycles. The average molecular weight is 240 g/mol. The molecule has 0 heterocycles. The van der Waals surface area contributed by atoms with Crippen molar-refractivity contribution in [2.75, 3.05) is 12.4 Å². The Morgan fingerprint density at radius 1 is 1.44 bits per heavy atom. The first-order valence-electron chi connectivity index (χ1n) is 5.65. The maximum absolute atomic E-state index is 6.18. The Hall–Kier alpha value is -0.890. The summed E-state index contributed by atoms with van der Waals surface area (Å²) in [5.41, 5.74) is 1.44. The molecule has 1 N–H and O–H groups in total. The zero-order chi connectivity index (χ0) is 11.8. The fourth-order valence-corrected chi connectivity index (χ4v) is 2.00. The summed E-state index contributed by atoms with van der Waals surface area (Å²) < 4.78 is 5.12. The molecule has 88 valence electrons. The van der Waals surface area contributed by atoms with Gasteiger partial charge in [-0.25, -0.2) is 0 Å². The van der Waals surface area contributed by atoms with Crippen LogP contribution in [0, 0.1) is 5.41 Å². The fourth-order valence-electron chi connectivity index (χ4n) is 1.78. The summed E-state index contributed by atoms with van der Waals surface area (Å²) in [5, 5.41) is 4.19. The Balaban J connectivity index is 2.09. The van der Waals surface area contributed by atoms with Gasteiger partial charge in [-0.05, 0) is 37.3 Å². The first-order chi connectivity index (χ1) is 7.55. The van der Waals surface area contributed by atoms with Crippen molar-refractivity contribution in [1.82, 2.24) is 0 Å². The molecule has 1 aliphatic carbocycles. The van der Waals surface area contributed by atoms with Gasteiger partial charge in [-0.2, -0.15) is 0 Å². The SMILES string of the molecule is COc1ccc(NC(C)C2(C)CC2)c(Cl)c1. The van der Waals surface area contributed by atoms with Gasteiger partial charge in [0.05, 0.1) is 17.8 Å². The molecule has 0 aromatic heterocycles. The molecule has 0 aliphatic heterocycles. The van der Waals surface area contributed by atoms with E-state index in [2.05, 4.69) is 19.2 Å². The second-order valence-corrected chi connectivity index (χ2v) is 5.27. The fraction of sp³-hybridized carbons (Fsp3) is 0.538. The summed E-state index contributed by atoms with van der Waals surface area (Å²) in [6.45, 7) is 4.52. The zero-order valence-corrected chi connectivity index (χ0v) is 10.8. The van der Waals surface area contributed by atoms with Gasteiger partial charge in [0.15, 0.2) is 0 Å². The summed E-state index contributed by atoms with van der Waals surface area (Å²) in [5.74, 6) is 0.792. The number of hydrogen-bond donors (Lipinski definition) is 1. The lowest BCUT2D eigenvalue weighted by atomic mass is 10.0. The Morgan fingerprint density at radius 2 is 2.12 bits per heavy atom. The van der Waals surface area contributed by atoms with E-state index in [4.69, 9.17) is 16.3 Å². The maximum atomic E-state index is 6.18. The van der Waals surface area contributed by atoms with E-state index in [9.17, 15) is 0 Å². The van der Waals surface area contributed by atoms with Gasteiger partial charge < -0.3 is 10.1 Å². The van der Waals surface area contributed by atoms with Crippen LogP contribution in [0.3, 0.4) is 0 Å². The predicted octanol–water partition coefficient (Wildman–Crippen LogP) is 3.95. The summed E-state index contributed by atoms with van der Waals surface area (Å²) in [6, 6.07) is 6.20. The van der Waals surface area contributed by atoms with Crippen molar-refractivity contribution >= 4 is 17.3 Å². The summed E-state index contributed by atoms with van der Waals surface area (Å²) in [4.78, 5) is 0. The van der Waals surface area contributed by atoms with Gasteiger partial charge >= 0.3 is 0 Å². The van der Waals surface area contributed by atoms with Crippen LogP contribution in [-0.2, 0) is 0 Å². The topological polar surface area (TPSA) is 21.3 Å². The van der Waals surface area contributed by atoms with Crippen LogP contribution in [0.5, 0.6) is 5.75 Å². The summed E-state index contributed by atoms with van der Waals surface area (Å²) in [7, 11) is 1.65. The van der Waals surface area contributed by atoms with E-state index in [0.29, 0.717) is 11.5 Å². The molecular formula is C13H18ClNO. The van der Waals surface area contributed by atoms with E-state index in [1.165, 1.54) is 12.8 Å². The number of hydrogen-bond acceptors (Lipinski definition) is 2. The number of benzene rings is 1. The van der Waals surface area contributed by atoms with Crippen LogP contribution in [0.15, 0.2) is 18.2 Å². The Bertz CT molecular complexity index is 388. The van der Waals surface area contributed by atoms with Gasteiger partial charge in [0, 0.05) is 12.1 Å². The number of nitrogens with one attached hydrogen (secondary N) is 1. The minimum Gasteiger partial charge on any atom is -0.497 e. The Kier molecular flexibility index (Phi) is 3.02. The summed E-state index contributed by atoms with van der Waals surface area (Å²) >= 11 is 6.18. The van der Waals surface area contributed by atoms with E-state index in [-0.39, 0.29) is 0 Å². The van der Waals surface area contributed by atoms with Crippen LogP contribution in [0.2, 0.25) is 5.02 Å². The lowest BCUT2D eigenvalue weighted by Gasteiger charge is -2.22. The van der Waals surface area contributed by atoms with Gasteiger partial charge in [0.1, 0.15) is 5.75 Å². The van der Waals surface area contributed by atoms with Crippen molar-refractivity contribution in [3.8, 4) is 5.75 Å². The van der Waals surface area contributed by atoms with Crippen molar-refractivity contribution in [3.05, 3.63) is 23.2 Å². The maximum Gasteiger partial charge on any atom is 0.120 e. The molecule has 0 amide bonds. The number of ether oxygens (including phenoxy) is 1. The molecule has 3 heteroatoms. The van der Waals surface area contributed by atoms with Crippen LogP contribution >= 0.6 is 11.6 Å². The molecule has 0 spiro atoms. The third-order valence-corrected chi connectivity index (χ3v) is 3.95. The monoisotopic (exact) mass is 239 g/mol. The van der Waals surface area contributed by atoms with Gasteiger partial charge in [0.25, 0.3) is 0 Å². The highest BCUT2D eigenvalue weighted by atomic mass is 35.5. The molecule has 16 heavy (non-hydrogen) atoms. The standard InChI is InChI=1S/C13H18ClNO/c1-9(13(2)6-7-13)15-12-5-4-10(16-3)8-11(12)14/h4-5,8-9,15H,6-7H2,1-3H3. The van der Waals surface area contributed by atoms with Crippen LogP contribution in [0.4, 0.5) is 5.69 Å². The number of methoxy groups -OCH3 is 1. The molecule has 0 radical (unpaired) electrons. The van der Waals surface area contributed by atoms with Crippen molar-refractivity contribution in [1.29, 1.82) is 0 Å². The quantitative estimate of drug-likeness (QED) is 0.859. The van der Waals surface area contributed by atoms with Gasteiger partial charge in [-0.15, -0.1) is 0 Å². The van der Waals surface area contributed by atoms with Crippen molar-refractivity contribution in [2.45, 2.75) is 32.7 Å². The molecule has 2 rings (SSSR count). The molecule has 0 saturated heterocycles. The molecule has 1 atom stereocenters. The van der Waals surface area contributed by atoms with Crippen LogP contribution in [0.25, 0.3) is 0 Å². The molecule has 2 nitrogen and oxygen atoms in total. The third kappa shape index (κ3) is 2.27. The Labute approximate surface area is 102 Å². The third-order valence-electron chi connectivity index (χ3n) is 3.63. The van der Waals surface area contributed by atoms with Crippen molar-refractivity contribution in [2.24, 2.45) is 5.41 Å². The van der Waals surface area contributed by atoms with E-state index in [1.807, 2.05) is 18.2 Å². The zero-order valence-electron chi connectivity index (χ0n) is 10.0. The van der Waals surface area contributed by atoms with Crippen LogP contribution in [-0.4, -0.2) is 13.2 Å². The molecule has 0 bridgehead atoms. The smallest absolute Gasteiger partial charge is 0.120 e. The lowest BCUT2D eigenvalue weighted by Crippen LogP contribution is -2.24. The Morgan fingerprint density at radius 3 is 2.62 bits per heavy atom. The highest BCUT2D eigenvalue weighted by Gasteiger charge is 2.42. The minimum absolute atomic E-state index is 0.448. The van der Waals surface area contributed by atoms with Crippen LogP contribution < -0.4 is 10.1 Å². The van der Waals surface area contributed by atoms with Crippen molar-refractivity contribution in [3.63, 3.8) is 0 Å². The molecule has 1 unspecified atom stereocenters. The molecular weight excluding hydrogens is 222 g/mol. The number of anilines is 1. The normalized spacial score (nSPS) is 19.0. The van der Waals surface area contributed by atoms with E-state index < -0.39 is 0 Å². The molecule has 1 fully saturated rings. The molecule has 1 aromatic rings. The minimum atomic E-state index is 0.448. The highest BCUT2D eigenvalue weighted by molar-refractivity contribution is 6.33. The highest BCUT2D eigenvalue weighted by Crippen LogP contribution is 2.49. The number of rotatable bonds is 4. The van der Waals surface area contributed by atoms with Gasteiger partial charge in [-0.3, -0.25) is 0 Å². The van der Waals surface area contributed by atoms with E-state index in [1.54, 1.807) is 7.11 Å². The van der Waals surface area contributed by atoms with Crippen molar-refractivity contribution < 1.29 is 4.74 Å². The number of halogens is 1. The lowest BCUT2D eigenvalue weighted by molar-refractivity contribution is 0.415. The molecule has 1 aliphatic rings. The van der Waals surface area contributed by atoms with E-state index in [0.717, 1.165) is 16.5 Å². The first-order valence-corrected chi connectivity index (χ1v) is 6.03. The van der Waals surface area contributed by atoms with Gasteiger partial charge in [-0.1, -0.05) is 18.5 Å². The largest absolute Gasteiger partial charge is 0.497 e. The molecule has 1 aromatic carbocycles.